The molecule has 0 amide bonds. The number of hydrogen-bond donors (Lipinski definition) is 0. The van der Waals surface area contributed by atoms with Gasteiger partial charge >= 0.3 is 0 Å². The average Bonchev–Trinajstić information content (AvgIpc) is 3.35. The SMILES string of the molecule is CCCCC[C@@H]1C[C@H]1c1ccc(C(=O)c2ccccc2)cc1. The van der Waals surface area contributed by atoms with Gasteiger partial charge in [0.15, 0.2) is 5.78 Å². The van der Waals surface area contributed by atoms with E-state index in [-0.39, 0.29) is 5.78 Å². The third-order valence-corrected chi connectivity index (χ3v) is 4.74. The molecule has 0 spiro atoms. The van der Waals surface area contributed by atoms with Crippen molar-refractivity contribution in [3.8, 4) is 0 Å². The highest BCUT2D eigenvalue weighted by atomic mass is 16.1. The summed E-state index contributed by atoms with van der Waals surface area (Å²) in [6.07, 6.45) is 6.71. The predicted octanol–water partition coefficient (Wildman–Crippen LogP) is 5.60. The van der Waals surface area contributed by atoms with E-state index >= 15 is 0 Å². The Labute approximate surface area is 133 Å². The number of hydrogen-bond acceptors (Lipinski definition) is 1. The van der Waals surface area contributed by atoms with E-state index in [0.717, 1.165) is 23.0 Å². The van der Waals surface area contributed by atoms with Crippen LogP contribution in [0.15, 0.2) is 54.6 Å². The topological polar surface area (TPSA) is 17.1 Å². The van der Waals surface area contributed by atoms with Crippen LogP contribution in [0.25, 0.3) is 0 Å². The number of carbonyl (C=O) groups excluding carboxylic acids is 1. The standard InChI is InChI=1S/C21H24O/c1-2-3-5-10-19-15-20(19)16-11-13-18(14-12-16)21(22)17-8-6-4-7-9-17/h4,6-9,11-14,19-20H,2-3,5,10,15H2,1H3/t19-,20+/m1/s1. The zero-order chi connectivity index (χ0) is 15.4. The minimum atomic E-state index is 0.113. The molecule has 1 saturated carbocycles. The van der Waals surface area contributed by atoms with Crippen LogP contribution in [-0.2, 0) is 0 Å². The largest absolute Gasteiger partial charge is 0.289 e. The molecule has 2 atom stereocenters. The maximum Gasteiger partial charge on any atom is 0.193 e. The van der Waals surface area contributed by atoms with Crippen LogP contribution < -0.4 is 0 Å². The highest BCUT2D eigenvalue weighted by Gasteiger charge is 2.37. The smallest absolute Gasteiger partial charge is 0.193 e. The Bertz CT molecular complexity index is 612. The molecule has 1 fully saturated rings. The Kier molecular flexibility index (Phi) is 4.72. The molecule has 1 aliphatic carbocycles. The van der Waals surface area contributed by atoms with Crippen molar-refractivity contribution in [2.24, 2.45) is 5.92 Å². The minimum Gasteiger partial charge on any atom is -0.289 e. The van der Waals surface area contributed by atoms with Gasteiger partial charge in [-0.3, -0.25) is 4.79 Å². The van der Waals surface area contributed by atoms with Crippen LogP contribution in [0.3, 0.4) is 0 Å². The summed E-state index contributed by atoms with van der Waals surface area (Å²) in [7, 11) is 0. The molecule has 0 aromatic heterocycles. The van der Waals surface area contributed by atoms with Crippen molar-refractivity contribution in [3.63, 3.8) is 0 Å². The van der Waals surface area contributed by atoms with Gasteiger partial charge in [0.1, 0.15) is 0 Å². The molecule has 1 heteroatoms. The lowest BCUT2D eigenvalue weighted by atomic mass is 10.00. The second-order valence-corrected chi connectivity index (χ2v) is 6.42. The van der Waals surface area contributed by atoms with Gasteiger partial charge in [0.25, 0.3) is 0 Å². The van der Waals surface area contributed by atoms with Crippen molar-refractivity contribution >= 4 is 5.78 Å². The van der Waals surface area contributed by atoms with E-state index in [4.69, 9.17) is 0 Å². The van der Waals surface area contributed by atoms with Gasteiger partial charge in [0.2, 0.25) is 0 Å². The summed E-state index contributed by atoms with van der Waals surface area (Å²) in [5, 5.41) is 0. The van der Waals surface area contributed by atoms with E-state index in [0.29, 0.717) is 0 Å². The molecular formula is C21H24O. The molecular weight excluding hydrogens is 268 g/mol. The lowest BCUT2D eigenvalue weighted by molar-refractivity contribution is 0.103. The van der Waals surface area contributed by atoms with E-state index in [2.05, 4.69) is 19.1 Å². The van der Waals surface area contributed by atoms with Crippen molar-refractivity contribution < 1.29 is 4.79 Å². The zero-order valence-electron chi connectivity index (χ0n) is 13.3. The summed E-state index contributed by atoms with van der Waals surface area (Å²) in [4.78, 5) is 12.4. The Balaban J connectivity index is 1.61. The number of unbranched alkanes of at least 4 members (excludes halogenated alkanes) is 2. The third kappa shape index (κ3) is 3.47. The highest BCUT2D eigenvalue weighted by Crippen LogP contribution is 2.50. The lowest BCUT2D eigenvalue weighted by Crippen LogP contribution is -2.00. The van der Waals surface area contributed by atoms with Gasteiger partial charge < -0.3 is 0 Å². The van der Waals surface area contributed by atoms with Gasteiger partial charge in [-0.05, 0) is 30.2 Å². The van der Waals surface area contributed by atoms with Crippen molar-refractivity contribution in [1.82, 2.24) is 0 Å². The second kappa shape index (κ2) is 6.91. The van der Waals surface area contributed by atoms with E-state index < -0.39 is 0 Å². The van der Waals surface area contributed by atoms with Gasteiger partial charge in [0.05, 0.1) is 0 Å². The molecule has 0 bridgehead atoms. The summed E-state index contributed by atoms with van der Waals surface area (Å²) in [5.41, 5.74) is 2.96. The summed E-state index contributed by atoms with van der Waals surface area (Å²) in [6, 6.07) is 17.8. The van der Waals surface area contributed by atoms with Gasteiger partial charge in [-0.15, -0.1) is 0 Å². The molecule has 0 heterocycles. The monoisotopic (exact) mass is 292 g/mol. The Hall–Kier alpha value is -1.89. The summed E-state index contributed by atoms with van der Waals surface area (Å²) >= 11 is 0. The molecule has 0 unspecified atom stereocenters. The Morgan fingerprint density at radius 2 is 1.64 bits per heavy atom. The first kappa shape index (κ1) is 15.0. The van der Waals surface area contributed by atoms with Crippen LogP contribution in [-0.4, -0.2) is 5.78 Å². The molecule has 0 radical (unpaired) electrons. The maximum atomic E-state index is 12.4. The molecule has 3 rings (SSSR count). The van der Waals surface area contributed by atoms with Crippen LogP contribution in [0.4, 0.5) is 0 Å². The van der Waals surface area contributed by atoms with Crippen LogP contribution in [0.1, 0.15) is 66.4 Å². The quantitative estimate of drug-likeness (QED) is 0.479. The lowest BCUT2D eigenvalue weighted by Gasteiger charge is -2.04. The highest BCUT2D eigenvalue weighted by molar-refractivity contribution is 6.08. The van der Waals surface area contributed by atoms with Crippen molar-refractivity contribution in [1.29, 1.82) is 0 Å². The first-order chi connectivity index (χ1) is 10.8. The Morgan fingerprint density at radius 3 is 2.32 bits per heavy atom. The molecule has 1 nitrogen and oxygen atoms in total. The van der Waals surface area contributed by atoms with Gasteiger partial charge in [-0.2, -0.15) is 0 Å². The molecule has 0 saturated heterocycles. The van der Waals surface area contributed by atoms with Crippen LogP contribution >= 0.6 is 0 Å². The number of ketones is 1. The average molecular weight is 292 g/mol. The van der Waals surface area contributed by atoms with Gasteiger partial charge in [-0.1, -0.05) is 80.8 Å². The molecule has 0 N–H and O–H groups in total. The van der Waals surface area contributed by atoms with E-state index in [1.54, 1.807) is 0 Å². The fourth-order valence-corrected chi connectivity index (χ4v) is 3.27. The van der Waals surface area contributed by atoms with Crippen molar-refractivity contribution in [2.75, 3.05) is 0 Å². The zero-order valence-corrected chi connectivity index (χ0v) is 13.3. The fourth-order valence-electron chi connectivity index (χ4n) is 3.27. The van der Waals surface area contributed by atoms with Gasteiger partial charge in [0, 0.05) is 11.1 Å². The first-order valence-corrected chi connectivity index (χ1v) is 8.49. The number of rotatable bonds is 7. The van der Waals surface area contributed by atoms with Crippen LogP contribution in [0, 0.1) is 5.92 Å². The molecule has 2 aromatic carbocycles. The summed E-state index contributed by atoms with van der Waals surface area (Å²) in [5.74, 6) is 1.72. The number of benzene rings is 2. The molecule has 0 aliphatic heterocycles. The molecule has 1 aliphatic rings. The van der Waals surface area contributed by atoms with Gasteiger partial charge in [-0.25, -0.2) is 0 Å². The summed E-state index contributed by atoms with van der Waals surface area (Å²) in [6.45, 7) is 2.26. The van der Waals surface area contributed by atoms with E-state index in [9.17, 15) is 4.79 Å². The van der Waals surface area contributed by atoms with Crippen LogP contribution in [0.5, 0.6) is 0 Å². The molecule has 114 valence electrons. The fraction of sp³-hybridized carbons (Fsp3) is 0.381. The van der Waals surface area contributed by atoms with Crippen molar-refractivity contribution in [2.45, 2.75) is 44.9 Å². The van der Waals surface area contributed by atoms with E-state index in [1.165, 1.54) is 37.7 Å². The van der Waals surface area contributed by atoms with E-state index in [1.807, 2.05) is 42.5 Å². The maximum absolute atomic E-state index is 12.4. The van der Waals surface area contributed by atoms with Crippen LogP contribution in [0.2, 0.25) is 0 Å². The molecule has 22 heavy (non-hydrogen) atoms. The predicted molar refractivity (Wildman–Crippen MR) is 91.3 cm³/mol. The third-order valence-electron chi connectivity index (χ3n) is 4.74. The minimum absolute atomic E-state index is 0.113. The molecule has 2 aromatic rings. The number of carbonyl (C=O) groups is 1. The second-order valence-electron chi connectivity index (χ2n) is 6.42. The van der Waals surface area contributed by atoms with Crippen molar-refractivity contribution in [3.05, 3.63) is 71.3 Å². The first-order valence-electron chi connectivity index (χ1n) is 8.49. The normalized spacial score (nSPS) is 19.9. The summed E-state index contributed by atoms with van der Waals surface area (Å²) < 4.78 is 0. The Morgan fingerprint density at radius 1 is 0.955 bits per heavy atom.